The molecule has 0 radical (unpaired) electrons. The maximum absolute atomic E-state index is 12.6. The second-order valence-electron chi connectivity index (χ2n) is 9.79. The zero-order valence-electron chi connectivity index (χ0n) is 22.7. The van der Waals surface area contributed by atoms with Crippen LogP contribution in [-0.4, -0.2) is 49.5 Å². The fraction of sp³-hybridized carbons (Fsp3) is 0.344. The summed E-state index contributed by atoms with van der Waals surface area (Å²) >= 11 is 1.42. The fourth-order valence-corrected chi connectivity index (χ4v) is 6.19. The van der Waals surface area contributed by atoms with Crippen LogP contribution in [-0.2, 0) is 48.3 Å². The second-order valence-corrected chi connectivity index (χ2v) is 11.0. The van der Waals surface area contributed by atoms with Crippen molar-refractivity contribution >= 4 is 17.7 Å². The van der Waals surface area contributed by atoms with E-state index in [4.69, 9.17) is 23.7 Å². The van der Waals surface area contributed by atoms with Crippen LogP contribution in [0.1, 0.15) is 23.6 Å². The summed E-state index contributed by atoms with van der Waals surface area (Å²) in [5.41, 5.74) is 3.91. The number of nitrogens with one attached hydrogen (secondary N) is 1. The van der Waals surface area contributed by atoms with Crippen LogP contribution in [0.15, 0.2) is 102 Å². The predicted octanol–water partition coefficient (Wildman–Crippen LogP) is 5.21. The van der Waals surface area contributed by atoms with Gasteiger partial charge in [0.15, 0.2) is 0 Å². The average molecular weight is 562 g/mol. The normalized spacial score (nSPS) is 24.2. The Balaban J connectivity index is 1.41. The van der Waals surface area contributed by atoms with Crippen LogP contribution in [0.3, 0.4) is 0 Å². The van der Waals surface area contributed by atoms with Crippen LogP contribution in [0.25, 0.3) is 0 Å². The van der Waals surface area contributed by atoms with Gasteiger partial charge in [-0.1, -0.05) is 91.0 Å². The molecule has 3 aromatic rings. The minimum absolute atomic E-state index is 0.257. The summed E-state index contributed by atoms with van der Waals surface area (Å²) in [6.45, 7) is 3.43. The monoisotopic (exact) mass is 561 g/mol. The number of esters is 1. The standard InChI is InChI=1S/C32H35NO6S/c1-22-29(32(34)35-2)40-30-28(38-20-25-16-10-5-11-17-25)27(37-19-24-14-8-4-9-15-24)26(39-31(30)33-22)21-36-18-23-12-6-3-7-13-23/h3-17,26-28,30-31,33H,18-21H2,1-2H3/t26-,27-,28+,30-,31+/m1/s1. The Labute approximate surface area is 239 Å². The molecular formula is C32H35NO6S. The minimum atomic E-state index is -0.451. The van der Waals surface area contributed by atoms with Gasteiger partial charge in [-0.25, -0.2) is 4.79 Å². The Morgan fingerprint density at radius 3 is 1.88 bits per heavy atom. The molecule has 0 unspecified atom stereocenters. The smallest absolute Gasteiger partial charge is 0.346 e. The molecule has 7 nitrogen and oxygen atoms in total. The molecule has 1 saturated heterocycles. The number of ether oxygens (including phenoxy) is 5. The van der Waals surface area contributed by atoms with Crippen LogP contribution >= 0.6 is 11.8 Å². The number of carbonyl (C=O) groups excluding carboxylic acids is 1. The molecule has 0 spiro atoms. The lowest BCUT2D eigenvalue weighted by Gasteiger charge is -2.48. The first-order chi connectivity index (χ1) is 19.6. The van der Waals surface area contributed by atoms with Crippen molar-refractivity contribution < 1.29 is 28.5 Å². The highest BCUT2D eigenvalue weighted by Crippen LogP contribution is 2.41. The highest BCUT2D eigenvalue weighted by Gasteiger charge is 2.50. The van der Waals surface area contributed by atoms with Crippen LogP contribution in [0, 0.1) is 0 Å². The van der Waals surface area contributed by atoms with Gasteiger partial charge in [-0.3, -0.25) is 0 Å². The zero-order valence-corrected chi connectivity index (χ0v) is 23.5. The summed E-state index contributed by atoms with van der Waals surface area (Å²) in [4.78, 5) is 13.1. The molecule has 0 aromatic heterocycles. The molecular weight excluding hydrogens is 526 g/mol. The largest absolute Gasteiger partial charge is 0.465 e. The third kappa shape index (κ3) is 7.13. The molecule has 1 N–H and O–H groups in total. The molecule has 5 rings (SSSR count). The lowest BCUT2D eigenvalue weighted by Crippen LogP contribution is -2.63. The molecule has 8 heteroatoms. The van der Waals surface area contributed by atoms with E-state index < -0.39 is 24.5 Å². The first-order valence-electron chi connectivity index (χ1n) is 13.4. The Kier molecular flexibility index (Phi) is 9.91. The van der Waals surface area contributed by atoms with E-state index in [9.17, 15) is 4.79 Å². The van der Waals surface area contributed by atoms with Crippen molar-refractivity contribution in [3.05, 3.63) is 118 Å². The topological polar surface area (TPSA) is 75.3 Å². The van der Waals surface area contributed by atoms with Crippen LogP contribution in [0.4, 0.5) is 0 Å². The zero-order chi connectivity index (χ0) is 27.7. The summed E-state index contributed by atoms with van der Waals surface area (Å²) in [6.07, 6.45) is -1.66. The highest BCUT2D eigenvalue weighted by atomic mass is 32.2. The molecule has 3 aromatic carbocycles. The molecule has 2 heterocycles. The SMILES string of the molecule is COC(=O)C1=C(C)N[C@H]2O[C@H](COCc3ccccc3)[C@@H](OCc3ccccc3)[C@H](OCc3ccccc3)[C@H]2S1. The molecule has 1 fully saturated rings. The number of hydrogen-bond acceptors (Lipinski definition) is 8. The molecule has 2 aliphatic heterocycles. The summed E-state index contributed by atoms with van der Waals surface area (Å²) in [7, 11) is 1.39. The number of carbonyl (C=O) groups is 1. The van der Waals surface area contributed by atoms with Crippen molar-refractivity contribution in [3.8, 4) is 0 Å². The predicted molar refractivity (Wildman–Crippen MR) is 154 cm³/mol. The molecule has 0 aliphatic carbocycles. The molecule has 0 bridgehead atoms. The maximum atomic E-state index is 12.6. The quantitative estimate of drug-likeness (QED) is 0.320. The molecule has 210 valence electrons. The van der Waals surface area contributed by atoms with Crippen molar-refractivity contribution in [2.75, 3.05) is 13.7 Å². The third-order valence-electron chi connectivity index (χ3n) is 6.92. The van der Waals surface area contributed by atoms with Gasteiger partial charge in [-0.05, 0) is 23.6 Å². The fourth-order valence-electron chi connectivity index (χ4n) is 4.88. The number of methoxy groups -OCH3 is 1. The molecule has 0 saturated carbocycles. The van der Waals surface area contributed by atoms with E-state index in [0.717, 1.165) is 16.7 Å². The first-order valence-corrected chi connectivity index (χ1v) is 14.3. The van der Waals surface area contributed by atoms with Gasteiger partial charge in [0.05, 0.1) is 38.8 Å². The van der Waals surface area contributed by atoms with Gasteiger partial charge >= 0.3 is 5.97 Å². The van der Waals surface area contributed by atoms with E-state index in [2.05, 4.69) is 5.32 Å². The van der Waals surface area contributed by atoms with E-state index in [0.29, 0.717) is 37.0 Å². The lowest BCUT2D eigenvalue weighted by molar-refractivity contribution is -0.221. The van der Waals surface area contributed by atoms with Gasteiger partial charge in [-0.2, -0.15) is 0 Å². The number of fused-ring (bicyclic) bond motifs is 1. The van der Waals surface area contributed by atoms with Crippen molar-refractivity contribution in [1.82, 2.24) is 5.32 Å². The van der Waals surface area contributed by atoms with Gasteiger partial charge in [0, 0.05) is 5.70 Å². The van der Waals surface area contributed by atoms with E-state index in [1.807, 2.05) is 97.9 Å². The van der Waals surface area contributed by atoms with Crippen molar-refractivity contribution in [1.29, 1.82) is 0 Å². The van der Waals surface area contributed by atoms with Crippen molar-refractivity contribution in [2.45, 2.75) is 56.5 Å². The first kappa shape index (κ1) is 28.4. The van der Waals surface area contributed by atoms with Crippen LogP contribution < -0.4 is 5.32 Å². The number of rotatable bonds is 11. The number of allylic oxidation sites excluding steroid dienone is 1. The van der Waals surface area contributed by atoms with Crippen molar-refractivity contribution in [2.24, 2.45) is 0 Å². The number of hydrogen-bond donors (Lipinski definition) is 1. The molecule has 2 aliphatic rings. The van der Waals surface area contributed by atoms with Gasteiger partial charge in [0.2, 0.25) is 0 Å². The van der Waals surface area contributed by atoms with Crippen LogP contribution in [0.2, 0.25) is 0 Å². The Morgan fingerprint density at radius 1 is 0.800 bits per heavy atom. The Bertz CT molecular complexity index is 1260. The Hall–Kier alpha value is -3.14. The summed E-state index contributed by atoms with van der Waals surface area (Å²) < 4.78 is 31.0. The average Bonchev–Trinajstić information content (AvgIpc) is 3.00. The highest BCUT2D eigenvalue weighted by molar-refractivity contribution is 8.04. The maximum Gasteiger partial charge on any atom is 0.346 e. The van der Waals surface area contributed by atoms with Gasteiger partial charge in [0.25, 0.3) is 0 Å². The molecule has 0 amide bonds. The number of thioether (sulfide) groups is 1. The second kappa shape index (κ2) is 14.0. The Morgan fingerprint density at radius 2 is 1.32 bits per heavy atom. The third-order valence-corrected chi connectivity index (χ3v) is 8.42. The lowest BCUT2D eigenvalue weighted by atomic mass is 9.99. The molecule has 5 atom stereocenters. The van der Waals surface area contributed by atoms with Gasteiger partial charge in [-0.15, -0.1) is 11.8 Å². The summed E-state index contributed by atoms with van der Waals surface area (Å²) in [6, 6.07) is 30.1. The number of benzene rings is 3. The van der Waals surface area contributed by atoms with E-state index >= 15 is 0 Å². The molecule has 40 heavy (non-hydrogen) atoms. The van der Waals surface area contributed by atoms with E-state index in [1.54, 1.807) is 0 Å². The minimum Gasteiger partial charge on any atom is -0.465 e. The van der Waals surface area contributed by atoms with Crippen LogP contribution in [0.5, 0.6) is 0 Å². The van der Waals surface area contributed by atoms with Gasteiger partial charge < -0.3 is 29.0 Å². The van der Waals surface area contributed by atoms with E-state index in [1.165, 1.54) is 18.9 Å². The van der Waals surface area contributed by atoms with Crippen molar-refractivity contribution in [3.63, 3.8) is 0 Å². The summed E-state index contributed by atoms with van der Waals surface area (Å²) in [5.74, 6) is -0.384. The summed E-state index contributed by atoms with van der Waals surface area (Å²) in [5, 5.41) is 3.13. The van der Waals surface area contributed by atoms with E-state index in [-0.39, 0.29) is 11.2 Å². The van der Waals surface area contributed by atoms with Gasteiger partial charge in [0.1, 0.15) is 29.4 Å².